The highest BCUT2D eigenvalue weighted by atomic mass is 16.2. The first-order valence-electron chi connectivity index (χ1n) is 6.94. The molecule has 0 bridgehead atoms. The van der Waals surface area contributed by atoms with E-state index in [1.54, 1.807) is 54.9 Å². The molecule has 1 aromatic heterocycles. The summed E-state index contributed by atoms with van der Waals surface area (Å²) in [5.41, 5.74) is 1.89. The molecule has 2 heterocycles. The highest BCUT2D eigenvalue weighted by molar-refractivity contribution is 6.28. The second-order valence-corrected chi connectivity index (χ2v) is 5.01. The number of imide groups is 1. The number of rotatable bonds is 3. The molecule has 0 spiro atoms. The first-order chi connectivity index (χ1) is 11.1. The first kappa shape index (κ1) is 14.6. The predicted molar refractivity (Wildman–Crippen MR) is 84.7 cm³/mol. The van der Waals surface area contributed by atoms with Crippen LogP contribution in [0.1, 0.15) is 22.8 Å². The Morgan fingerprint density at radius 1 is 1.09 bits per heavy atom. The van der Waals surface area contributed by atoms with Gasteiger partial charge in [-0.1, -0.05) is 0 Å². The molecule has 1 aliphatic heterocycles. The lowest BCUT2D eigenvalue weighted by Gasteiger charge is -2.11. The lowest BCUT2D eigenvalue weighted by atomic mass is 10.1. The van der Waals surface area contributed by atoms with Crippen LogP contribution in [0, 0.1) is 0 Å². The van der Waals surface area contributed by atoms with Crippen LogP contribution in [0.15, 0.2) is 54.5 Å². The van der Waals surface area contributed by atoms with Gasteiger partial charge in [-0.3, -0.25) is 14.6 Å². The van der Waals surface area contributed by atoms with Crippen LogP contribution in [0.4, 0.5) is 10.5 Å². The Morgan fingerprint density at radius 3 is 2.35 bits per heavy atom. The van der Waals surface area contributed by atoms with Gasteiger partial charge in [0.2, 0.25) is 0 Å². The van der Waals surface area contributed by atoms with Gasteiger partial charge >= 0.3 is 6.03 Å². The van der Waals surface area contributed by atoms with E-state index in [2.05, 4.69) is 10.3 Å². The second-order valence-electron chi connectivity index (χ2n) is 5.01. The molecular weight excluding hydrogens is 294 g/mol. The highest BCUT2D eigenvalue weighted by Gasteiger charge is 2.34. The number of hydrogen-bond donors (Lipinski definition) is 1. The number of Topliss-reactive ketones (excluding diaryl/α,β-unsaturated/α-hetero) is 1. The summed E-state index contributed by atoms with van der Waals surface area (Å²) in [5, 5.41) is 2.55. The number of anilines is 1. The Labute approximate surface area is 132 Å². The van der Waals surface area contributed by atoms with E-state index in [1.807, 2.05) is 0 Å². The van der Waals surface area contributed by atoms with E-state index in [-0.39, 0.29) is 11.5 Å². The molecule has 1 aliphatic rings. The van der Waals surface area contributed by atoms with Crippen LogP contribution in [0.3, 0.4) is 0 Å². The molecular formula is C17H13N3O3. The summed E-state index contributed by atoms with van der Waals surface area (Å²) < 4.78 is 0. The number of aromatic nitrogens is 1. The Balaban J connectivity index is 1.90. The van der Waals surface area contributed by atoms with Crippen LogP contribution in [0.25, 0.3) is 6.08 Å². The van der Waals surface area contributed by atoms with Crippen LogP contribution < -0.4 is 10.2 Å². The third-order valence-corrected chi connectivity index (χ3v) is 3.43. The summed E-state index contributed by atoms with van der Waals surface area (Å²) in [5.74, 6) is -0.519. The molecule has 0 saturated carbocycles. The van der Waals surface area contributed by atoms with E-state index in [1.165, 1.54) is 6.92 Å². The van der Waals surface area contributed by atoms with Gasteiger partial charge in [0.15, 0.2) is 5.78 Å². The molecule has 114 valence electrons. The molecule has 0 unspecified atom stereocenters. The van der Waals surface area contributed by atoms with Crippen LogP contribution >= 0.6 is 0 Å². The predicted octanol–water partition coefficient (Wildman–Crippen LogP) is 2.38. The van der Waals surface area contributed by atoms with Crippen molar-refractivity contribution >= 4 is 29.5 Å². The summed E-state index contributed by atoms with van der Waals surface area (Å²) in [7, 11) is 0. The van der Waals surface area contributed by atoms with Gasteiger partial charge in [0, 0.05) is 18.0 Å². The Hall–Kier alpha value is -3.28. The topological polar surface area (TPSA) is 79.4 Å². The number of nitrogens with one attached hydrogen (secondary N) is 1. The molecule has 3 rings (SSSR count). The molecule has 3 amide bonds. The number of carbonyl (C=O) groups is 3. The lowest BCUT2D eigenvalue weighted by molar-refractivity contribution is -0.113. The van der Waals surface area contributed by atoms with Gasteiger partial charge in [-0.2, -0.15) is 0 Å². The van der Waals surface area contributed by atoms with Gasteiger partial charge in [-0.05, 0) is 55.0 Å². The van der Waals surface area contributed by atoms with Gasteiger partial charge in [0.05, 0.1) is 5.69 Å². The largest absolute Gasteiger partial charge is 0.333 e. The minimum atomic E-state index is -0.522. The maximum absolute atomic E-state index is 12.4. The monoisotopic (exact) mass is 307 g/mol. The number of ketones is 1. The first-order valence-corrected chi connectivity index (χ1v) is 6.94. The summed E-state index contributed by atoms with van der Waals surface area (Å²) in [6.07, 6.45) is 4.80. The number of amides is 3. The van der Waals surface area contributed by atoms with Gasteiger partial charge in [-0.15, -0.1) is 0 Å². The Kier molecular flexibility index (Phi) is 3.72. The average molecular weight is 307 g/mol. The Bertz CT molecular complexity index is 811. The fraction of sp³-hybridized carbons (Fsp3) is 0.0588. The van der Waals surface area contributed by atoms with Gasteiger partial charge < -0.3 is 5.32 Å². The van der Waals surface area contributed by atoms with Crippen LogP contribution in [0.2, 0.25) is 0 Å². The number of hydrogen-bond acceptors (Lipinski definition) is 4. The third kappa shape index (κ3) is 2.87. The maximum Gasteiger partial charge on any atom is 0.333 e. The van der Waals surface area contributed by atoms with Crippen molar-refractivity contribution in [3.05, 3.63) is 65.6 Å². The van der Waals surface area contributed by atoms with Crippen molar-refractivity contribution in [2.75, 3.05) is 4.90 Å². The summed E-state index contributed by atoms with van der Waals surface area (Å²) in [6, 6.07) is 9.26. The summed E-state index contributed by atoms with van der Waals surface area (Å²) in [6.45, 7) is 1.46. The molecule has 0 aliphatic carbocycles. The average Bonchev–Trinajstić information content (AvgIpc) is 2.82. The van der Waals surface area contributed by atoms with Crippen molar-refractivity contribution in [2.24, 2.45) is 0 Å². The fourth-order valence-corrected chi connectivity index (χ4v) is 2.24. The normalized spacial score (nSPS) is 15.9. The van der Waals surface area contributed by atoms with E-state index in [0.717, 1.165) is 10.5 Å². The van der Waals surface area contributed by atoms with E-state index in [9.17, 15) is 14.4 Å². The molecule has 2 aromatic rings. The van der Waals surface area contributed by atoms with Gasteiger partial charge in [-0.25, -0.2) is 9.69 Å². The van der Waals surface area contributed by atoms with Crippen molar-refractivity contribution in [1.29, 1.82) is 0 Å². The SMILES string of the molecule is CC(=O)c1ccc(N2C(=O)N/C(=C\c3ccncc3)C2=O)cc1. The standard InChI is InChI=1S/C17H13N3O3/c1-11(21)13-2-4-14(5-3-13)20-16(22)15(19-17(20)23)10-12-6-8-18-9-7-12/h2-10H,1H3,(H,19,23)/b15-10-. The molecule has 6 heteroatoms. The number of benzene rings is 1. The van der Waals surface area contributed by atoms with Crippen molar-refractivity contribution in [2.45, 2.75) is 6.92 Å². The fourth-order valence-electron chi connectivity index (χ4n) is 2.24. The number of carbonyl (C=O) groups excluding carboxylic acids is 3. The Morgan fingerprint density at radius 2 is 1.74 bits per heavy atom. The zero-order valence-corrected chi connectivity index (χ0v) is 12.3. The minimum absolute atomic E-state index is 0.0768. The summed E-state index contributed by atoms with van der Waals surface area (Å²) in [4.78, 5) is 40.7. The molecule has 1 fully saturated rings. The van der Waals surface area contributed by atoms with Crippen molar-refractivity contribution < 1.29 is 14.4 Å². The van der Waals surface area contributed by atoms with E-state index in [4.69, 9.17) is 0 Å². The van der Waals surface area contributed by atoms with Crippen molar-refractivity contribution in [3.8, 4) is 0 Å². The molecule has 1 N–H and O–H groups in total. The molecule has 1 aromatic carbocycles. The zero-order valence-electron chi connectivity index (χ0n) is 12.3. The van der Waals surface area contributed by atoms with Crippen molar-refractivity contribution in [1.82, 2.24) is 10.3 Å². The van der Waals surface area contributed by atoms with E-state index < -0.39 is 11.9 Å². The van der Waals surface area contributed by atoms with Gasteiger partial charge in [0.25, 0.3) is 5.91 Å². The zero-order chi connectivity index (χ0) is 16.4. The number of pyridine rings is 1. The molecule has 0 radical (unpaired) electrons. The van der Waals surface area contributed by atoms with E-state index in [0.29, 0.717) is 11.3 Å². The van der Waals surface area contributed by atoms with E-state index >= 15 is 0 Å². The molecule has 23 heavy (non-hydrogen) atoms. The maximum atomic E-state index is 12.4. The molecule has 0 atom stereocenters. The van der Waals surface area contributed by atoms with Gasteiger partial charge in [0.1, 0.15) is 5.70 Å². The highest BCUT2D eigenvalue weighted by Crippen LogP contribution is 2.22. The van der Waals surface area contributed by atoms with Crippen LogP contribution in [0.5, 0.6) is 0 Å². The number of nitrogens with zero attached hydrogens (tertiary/aromatic N) is 2. The molecule has 6 nitrogen and oxygen atoms in total. The molecule has 1 saturated heterocycles. The quantitative estimate of drug-likeness (QED) is 0.536. The lowest BCUT2D eigenvalue weighted by Crippen LogP contribution is -2.30. The van der Waals surface area contributed by atoms with Crippen LogP contribution in [-0.2, 0) is 4.79 Å². The summed E-state index contributed by atoms with van der Waals surface area (Å²) >= 11 is 0. The van der Waals surface area contributed by atoms with Crippen LogP contribution in [-0.4, -0.2) is 22.7 Å². The van der Waals surface area contributed by atoms with Crippen molar-refractivity contribution in [3.63, 3.8) is 0 Å². The third-order valence-electron chi connectivity index (χ3n) is 3.43. The number of urea groups is 1. The minimum Gasteiger partial charge on any atom is -0.302 e. The second kappa shape index (κ2) is 5.84. The smallest absolute Gasteiger partial charge is 0.302 e.